The van der Waals surface area contributed by atoms with Gasteiger partial charge in [0.1, 0.15) is 5.75 Å². The number of hydrogen-bond donors (Lipinski definition) is 0. The Morgan fingerprint density at radius 2 is 2.00 bits per heavy atom. The van der Waals surface area contributed by atoms with Crippen molar-refractivity contribution in [2.24, 2.45) is 0 Å². The summed E-state index contributed by atoms with van der Waals surface area (Å²) in [6.07, 6.45) is 0.862. The zero-order chi connectivity index (χ0) is 13.4. The maximum atomic E-state index is 12.7. The third-order valence-corrected chi connectivity index (χ3v) is 4.51. The van der Waals surface area contributed by atoms with Crippen molar-refractivity contribution in [3.63, 3.8) is 0 Å². The lowest BCUT2D eigenvalue weighted by Crippen LogP contribution is -2.05. The summed E-state index contributed by atoms with van der Waals surface area (Å²) in [5.41, 5.74) is 2.47. The summed E-state index contributed by atoms with van der Waals surface area (Å²) in [7, 11) is 0. The lowest BCUT2D eigenvalue weighted by Gasteiger charge is -2.09. The number of halogens is 2. The van der Waals surface area contributed by atoms with Gasteiger partial charge in [0.2, 0.25) is 0 Å². The molecule has 3 rings (SSSR count). The molecule has 19 heavy (non-hydrogen) atoms. The van der Waals surface area contributed by atoms with Crippen molar-refractivity contribution >= 4 is 44.3 Å². The molecule has 0 unspecified atom stereocenters. The Hall–Kier alpha value is -0.880. The molecule has 0 bridgehead atoms. The molecule has 0 atom stereocenters. The van der Waals surface area contributed by atoms with Crippen LogP contribution in [0.5, 0.6) is 5.75 Å². The van der Waals surface area contributed by atoms with Gasteiger partial charge in [-0.15, -0.1) is 0 Å². The number of carbonyl (C=O) groups is 1. The molecule has 96 valence electrons. The van der Waals surface area contributed by atoms with Crippen molar-refractivity contribution in [3.8, 4) is 5.75 Å². The van der Waals surface area contributed by atoms with E-state index in [0.29, 0.717) is 12.2 Å². The molecule has 1 aliphatic heterocycles. The van der Waals surface area contributed by atoms with E-state index in [9.17, 15) is 4.79 Å². The standard InChI is InChI=1S/C15H10BrIO2/c16-10-7-9-5-6-19-15(9)12(8-10)14(18)11-3-1-2-4-13(11)17/h1-4,7-8H,5-6H2. The number of hydrogen-bond acceptors (Lipinski definition) is 2. The third kappa shape index (κ3) is 2.43. The first-order valence-electron chi connectivity index (χ1n) is 5.91. The van der Waals surface area contributed by atoms with Crippen LogP contribution in [0.15, 0.2) is 40.9 Å². The average molecular weight is 429 g/mol. The predicted molar refractivity (Wildman–Crippen MR) is 85.9 cm³/mol. The summed E-state index contributed by atoms with van der Waals surface area (Å²) in [5.74, 6) is 0.761. The number of benzene rings is 2. The molecule has 2 aromatic carbocycles. The highest BCUT2D eigenvalue weighted by Gasteiger charge is 2.23. The summed E-state index contributed by atoms with van der Waals surface area (Å²) in [6, 6.07) is 11.5. The van der Waals surface area contributed by atoms with Crippen molar-refractivity contribution in [3.05, 3.63) is 61.1 Å². The first-order valence-corrected chi connectivity index (χ1v) is 7.78. The molecule has 0 amide bonds. The van der Waals surface area contributed by atoms with Crippen LogP contribution in [-0.4, -0.2) is 12.4 Å². The van der Waals surface area contributed by atoms with E-state index < -0.39 is 0 Å². The second-order valence-electron chi connectivity index (χ2n) is 4.35. The minimum absolute atomic E-state index is 0.0180. The highest BCUT2D eigenvalue weighted by molar-refractivity contribution is 14.1. The second-order valence-corrected chi connectivity index (χ2v) is 6.43. The molecule has 0 saturated carbocycles. The predicted octanol–water partition coefficient (Wildman–Crippen LogP) is 4.22. The van der Waals surface area contributed by atoms with Gasteiger partial charge in [-0.05, 0) is 52.4 Å². The van der Waals surface area contributed by atoms with Gasteiger partial charge in [-0.1, -0.05) is 28.1 Å². The molecule has 4 heteroatoms. The quantitative estimate of drug-likeness (QED) is 0.528. The number of carbonyl (C=O) groups excluding carboxylic acids is 1. The lowest BCUT2D eigenvalue weighted by atomic mass is 10.00. The zero-order valence-corrected chi connectivity index (χ0v) is 13.7. The molecular weight excluding hydrogens is 419 g/mol. The molecule has 2 aromatic rings. The Morgan fingerprint density at radius 3 is 2.79 bits per heavy atom. The Labute approximate surface area is 133 Å². The number of ketones is 1. The average Bonchev–Trinajstić information content (AvgIpc) is 2.85. The summed E-state index contributed by atoms with van der Waals surface area (Å²) in [6.45, 7) is 0.651. The minimum Gasteiger partial charge on any atom is -0.492 e. The highest BCUT2D eigenvalue weighted by Crippen LogP contribution is 2.34. The Bertz CT molecular complexity index is 667. The summed E-state index contributed by atoms with van der Waals surface area (Å²) in [5, 5.41) is 0. The second kappa shape index (κ2) is 5.25. The van der Waals surface area contributed by atoms with Crippen molar-refractivity contribution in [1.29, 1.82) is 0 Å². The first kappa shape index (κ1) is 13.1. The fourth-order valence-electron chi connectivity index (χ4n) is 2.23. The third-order valence-electron chi connectivity index (χ3n) is 3.11. The topological polar surface area (TPSA) is 26.3 Å². The smallest absolute Gasteiger partial charge is 0.197 e. The molecule has 2 nitrogen and oxygen atoms in total. The highest BCUT2D eigenvalue weighted by atomic mass is 127. The van der Waals surface area contributed by atoms with Crippen LogP contribution in [0.3, 0.4) is 0 Å². The summed E-state index contributed by atoms with van der Waals surface area (Å²) < 4.78 is 7.50. The van der Waals surface area contributed by atoms with Gasteiger partial charge in [-0.25, -0.2) is 0 Å². The fraction of sp³-hybridized carbons (Fsp3) is 0.133. The molecule has 0 N–H and O–H groups in total. The number of rotatable bonds is 2. The summed E-state index contributed by atoms with van der Waals surface area (Å²) in [4.78, 5) is 12.7. The van der Waals surface area contributed by atoms with Gasteiger partial charge in [0.05, 0.1) is 12.2 Å². The van der Waals surface area contributed by atoms with Crippen LogP contribution in [0.1, 0.15) is 21.5 Å². The molecule has 0 saturated heterocycles. The van der Waals surface area contributed by atoms with E-state index in [4.69, 9.17) is 4.74 Å². The van der Waals surface area contributed by atoms with Crippen LogP contribution in [0.25, 0.3) is 0 Å². The van der Waals surface area contributed by atoms with Gasteiger partial charge in [0.25, 0.3) is 0 Å². The number of ether oxygens (including phenoxy) is 1. The lowest BCUT2D eigenvalue weighted by molar-refractivity contribution is 0.103. The van der Waals surface area contributed by atoms with Crippen LogP contribution in [0.4, 0.5) is 0 Å². The Morgan fingerprint density at radius 1 is 1.21 bits per heavy atom. The van der Waals surface area contributed by atoms with Gasteiger partial charge >= 0.3 is 0 Å². The normalized spacial score (nSPS) is 12.9. The van der Waals surface area contributed by atoms with E-state index in [1.54, 1.807) is 0 Å². The Kier molecular flexibility index (Phi) is 3.62. The van der Waals surface area contributed by atoms with Crippen molar-refractivity contribution in [1.82, 2.24) is 0 Å². The maximum Gasteiger partial charge on any atom is 0.197 e. The molecule has 0 fully saturated rings. The van der Waals surface area contributed by atoms with Gasteiger partial charge in [0, 0.05) is 20.0 Å². The van der Waals surface area contributed by atoms with E-state index in [1.165, 1.54) is 0 Å². The van der Waals surface area contributed by atoms with E-state index in [1.807, 2.05) is 36.4 Å². The zero-order valence-electron chi connectivity index (χ0n) is 9.95. The Balaban J connectivity index is 2.13. The van der Waals surface area contributed by atoms with Gasteiger partial charge in [0.15, 0.2) is 5.78 Å². The largest absolute Gasteiger partial charge is 0.492 e. The maximum absolute atomic E-state index is 12.7. The van der Waals surface area contributed by atoms with Gasteiger partial charge in [-0.3, -0.25) is 4.79 Å². The van der Waals surface area contributed by atoms with Crippen LogP contribution in [0.2, 0.25) is 0 Å². The fourth-order valence-corrected chi connectivity index (χ4v) is 3.37. The van der Waals surface area contributed by atoms with Crippen molar-refractivity contribution in [2.75, 3.05) is 6.61 Å². The molecule has 0 spiro atoms. The van der Waals surface area contributed by atoms with Crippen molar-refractivity contribution < 1.29 is 9.53 Å². The molecule has 0 aromatic heterocycles. The van der Waals surface area contributed by atoms with E-state index in [-0.39, 0.29) is 5.78 Å². The molecule has 1 aliphatic rings. The van der Waals surface area contributed by atoms with Crippen LogP contribution in [-0.2, 0) is 6.42 Å². The SMILES string of the molecule is O=C(c1ccccc1I)c1cc(Br)cc2c1OCC2. The van der Waals surface area contributed by atoms with E-state index >= 15 is 0 Å². The van der Waals surface area contributed by atoms with Crippen LogP contribution >= 0.6 is 38.5 Å². The molecule has 0 radical (unpaired) electrons. The summed E-state index contributed by atoms with van der Waals surface area (Å²) >= 11 is 5.65. The monoisotopic (exact) mass is 428 g/mol. The molecular formula is C15H10BrIO2. The van der Waals surface area contributed by atoms with Gasteiger partial charge < -0.3 is 4.74 Å². The first-order chi connectivity index (χ1) is 9.16. The van der Waals surface area contributed by atoms with Crippen LogP contribution < -0.4 is 4.74 Å². The molecule has 0 aliphatic carbocycles. The van der Waals surface area contributed by atoms with Crippen molar-refractivity contribution in [2.45, 2.75) is 6.42 Å². The van der Waals surface area contributed by atoms with E-state index in [2.05, 4.69) is 38.5 Å². The van der Waals surface area contributed by atoms with E-state index in [0.717, 1.165) is 31.3 Å². The van der Waals surface area contributed by atoms with Gasteiger partial charge in [-0.2, -0.15) is 0 Å². The van der Waals surface area contributed by atoms with Crippen LogP contribution in [0, 0.1) is 3.57 Å². The molecule has 1 heterocycles. The minimum atomic E-state index is 0.0180. The number of fused-ring (bicyclic) bond motifs is 1.